The number of benzene rings is 3. The molecule has 0 aliphatic carbocycles. The zero-order chi connectivity index (χ0) is 49.5. The number of nitrogens with one attached hydrogen (secondary N) is 3. The number of imide groups is 1. The van der Waals surface area contributed by atoms with E-state index in [0.717, 1.165) is 118 Å². The molecule has 4 amide bonds. The van der Waals surface area contributed by atoms with E-state index in [1.807, 2.05) is 71.4 Å². The minimum atomic E-state index is -0.592. The third-order valence-corrected chi connectivity index (χ3v) is 14.9. The zero-order valence-electron chi connectivity index (χ0n) is 41.4. The molecule has 0 spiro atoms. The van der Waals surface area contributed by atoms with Gasteiger partial charge in [0.1, 0.15) is 29.1 Å². The van der Waals surface area contributed by atoms with Gasteiger partial charge in [0.05, 0.1) is 5.56 Å². The highest BCUT2D eigenvalue weighted by Crippen LogP contribution is 2.33. The van der Waals surface area contributed by atoms with Crippen molar-refractivity contribution >= 4 is 41.9 Å². The maximum absolute atomic E-state index is 13.1. The average Bonchev–Trinajstić information content (AvgIpc) is 3.96. The van der Waals surface area contributed by atoms with Gasteiger partial charge in [0.2, 0.25) is 18.2 Å². The Kier molecular flexibility index (Phi) is 18.3. The summed E-state index contributed by atoms with van der Waals surface area (Å²) >= 11 is 0. The highest BCUT2D eigenvalue weighted by Gasteiger charge is 2.39. The summed E-state index contributed by atoms with van der Waals surface area (Å²) in [6.45, 7) is 13.9. The molecule has 2 atom stereocenters. The van der Waals surface area contributed by atoms with Crippen LogP contribution in [0.15, 0.2) is 72.8 Å². The number of nitrogens with zero attached hydrogens (tertiary/aromatic N) is 7. The van der Waals surface area contributed by atoms with Crippen molar-refractivity contribution in [3.63, 3.8) is 0 Å². The number of hydrogen-bond acceptors (Lipinski definition) is 13. The Morgan fingerprint density at radius 3 is 2.27 bits per heavy atom. The zero-order valence-corrected chi connectivity index (χ0v) is 41.4. The van der Waals surface area contributed by atoms with E-state index in [0.29, 0.717) is 42.4 Å². The summed E-state index contributed by atoms with van der Waals surface area (Å²) in [4.78, 5) is 71.6. The fraction of sp³-hybridized carbons (Fsp3) is 0.519. The maximum atomic E-state index is 13.1. The van der Waals surface area contributed by atoms with Crippen LogP contribution in [0.2, 0.25) is 0 Å². The lowest BCUT2D eigenvalue weighted by molar-refractivity contribution is -0.137. The summed E-state index contributed by atoms with van der Waals surface area (Å²) in [5, 5.41) is 13.1. The number of piperazine rings is 1. The Hall–Kier alpha value is -6.14. The number of aldehydes is 1. The number of anilines is 2. The molecule has 4 fully saturated rings. The molecule has 6 aliphatic heterocycles. The van der Waals surface area contributed by atoms with Gasteiger partial charge in [-0.3, -0.25) is 34.2 Å². The molecule has 17 nitrogen and oxygen atoms in total. The first-order valence-electron chi connectivity index (χ1n) is 25.9. The van der Waals surface area contributed by atoms with Crippen LogP contribution < -0.4 is 31.3 Å². The van der Waals surface area contributed by atoms with Crippen molar-refractivity contribution in [2.45, 2.75) is 89.4 Å². The monoisotopic (exact) mass is 972 g/mol. The van der Waals surface area contributed by atoms with Crippen LogP contribution in [-0.2, 0) is 27.5 Å². The summed E-state index contributed by atoms with van der Waals surface area (Å²) in [6.07, 6.45) is 12.2. The molecular formula is C54H73N11O6. The summed E-state index contributed by atoms with van der Waals surface area (Å²) in [5.74, 6) is 2.43. The van der Waals surface area contributed by atoms with Crippen molar-refractivity contribution in [1.82, 2.24) is 40.0 Å². The van der Waals surface area contributed by atoms with Gasteiger partial charge in [0.25, 0.3) is 5.91 Å². The van der Waals surface area contributed by atoms with Crippen molar-refractivity contribution < 1.29 is 28.7 Å². The van der Waals surface area contributed by atoms with Crippen LogP contribution in [0.5, 0.6) is 11.5 Å². The molecule has 380 valence electrons. The van der Waals surface area contributed by atoms with Crippen molar-refractivity contribution in [1.29, 1.82) is 0 Å². The normalized spacial score (nSPS) is 20.3. The van der Waals surface area contributed by atoms with Crippen LogP contribution in [0.3, 0.4) is 0 Å². The van der Waals surface area contributed by atoms with Gasteiger partial charge in [0.15, 0.2) is 6.29 Å². The summed E-state index contributed by atoms with van der Waals surface area (Å²) in [5.41, 5.74) is 9.44. The largest absolute Gasteiger partial charge is 0.457 e. The first kappa shape index (κ1) is 51.2. The van der Waals surface area contributed by atoms with Crippen LogP contribution in [0.25, 0.3) is 11.3 Å². The quantitative estimate of drug-likeness (QED) is 0.0652. The van der Waals surface area contributed by atoms with Gasteiger partial charge in [-0.25, -0.2) is 4.68 Å². The number of fused-ring (bicyclic) bond motifs is 2. The van der Waals surface area contributed by atoms with Gasteiger partial charge in [-0.05, 0) is 157 Å². The molecule has 2 unspecified atom stereocenters. The van der Waals surface area contributed by atoms with Gasteiger partial charge >= 0.3 is 0 Å². The predicted molar refractivity (Wildman–Crippen MR) is 276 cm³/mol. The Balaban J connectivity index is 0.000000218. The van der Waals surface area contributed by atoms with Crippen molar-refractivity contribution in [2.24, 2.45) is 11.7 Å². The van der Waals surface area contributed by atoms with Crippen molar-refractivity contribution in [3.8, 4) is 22.8 Å². The molecule has 1 aromatic heterocycles. The Morgan fingerprint density at radius 1 is 0.803 bits per heavy atom. The number of carbonyl (C=O) groups is 5. The molecule has 3 aromatic carbocycles. The second-order valence-corrected chi connectivity index (χ2v) is 19.4. The maximum Gasteiger partial charge on any atom is 0.255 e. The second-order valence-electron chi connectivity index (χ2n) is 19.4. The molecular weight excluding hydrogens is 899 g/mol. The number of nitrogens with two attached hydrogens (primary N) is 1. The SMILES string of the molecule is CN.O=CNCCC(CCN1CCC(CN2CCCCC2)CC1)N1CCN(c2ccc3c(c2)CN(C2CCC(=O)NC2=O)C3=O)CC1.O=Cc1c(-c2ccc(Oc3ccccc3)cc2)nn2c1NCCC2. The molecule has 4 saturated heterocycles. The smallest absolute Gasteiger partial charge is 0.255 e. The summed E-state index contributed by atoms with van der Waals surface area (Å²) in [6, 6.07) is 23.2. The number of ether oxygens (including phenoxy) is 1. The van der Waals surface area contributed by atoms with E-state index in [1.165, 1.54) is 71.9 Å². The van der Waals surface area contributed by atoms with E-state index in [9.17, 15) is 24.0 Å². The number of hydrogen-bond donors (Lipinski definition) is 4. The number of piperidine rings is 3. The molecule has 7 heterocycles. The number of para-hydroxylation sites is 1. The van der Waals surface area contributed by atoms with Crippen molar-refractivity contribution in [3.05, 3.63) is 89.5 Å². The number of likely N-dealkylation sites (tertiary alicyclic amines) is 2. The Bertz CT molecular complexity index is 2390. The molecule has 0 radical (unpaired) electrons. The predicted octanol–water partition coefficient (Wildman–Crippen LogP) is 5.21. The molecule has 17 heteroatoms. The Morgan fingerprint density at radius 2 is 1.55 bits per heavy atom. The van der Waals surface area contributed by atoms with E-state index in [1.54, 1.807) is 4.90 Å². The number of aromatic nitrogens is 2. The lowest BCUT2D eigenvalue weighted by atomic mass is 9.95. The van der Waals surface area contributed by atoms with Gasteiger partial charge in [0, 0.05) is 88.2 Å². The van der Waals surface area contributed by atoms with E-state index in [2.05, 4.69) is 52.4 Å². The highest BCUT2D eigenvalue weighted by molar-refractivity contribution is 6.05. The minimum Gasteiger partial charge on any atom is -0.457 e. The number of aryl methyl sites for hydroxylation is 1. The van der Waals surface area contributed by atoms with Gasteiger partial charge in [-0.1, -0.05) is 24.6 Å². The molecule has 6 aliphatic rings. The summed E-state index contributed by atoms with van der Waals surface area (Å²) in [7, 11) is 1.50. The molecule has 71 heavy (non-hydrogen) atoms. The lowest BCUT2D eigenvalue weighted by Crippen LogP contribution is -2.52. The van der Waals surface area contributed by atoms with Crippen LogP contribution in [-0.4, -0.2) is 157 Å². The second kappa shape index (κ2) is 25.3. The fourth-order valence-corrected chi connectivity index (χ4v) is 11.0. The van der Waals surface area contributed by atoms with Crippen molar-refractivity contribution in [2.75, 3.05) is 95.8 Å². The molecule has 5 N–H and O–H groups in total. The summed E-state index contributed by atoms with van der Waals surface area (Å²) < 4.78 is 7.67. The standard InChI is InChI=1S/C34H51N7O4.C19H17N3O2.CH5N/c42-25-35-12-8-28(11-17-37-15-9-26(10-16-37)23-38-13-2-1-3-14-38)39-18-20-40(21-19-39)29-4-5-30-27(22-29)24-41(34(30)45)31-6-7-32(43)36-33(31)44;23-13-17-18(21-22-12-4-11-20-19(17)22)14-7-9-16(10-8-14)24-15-5-2-1-3-6-15;1-2/h4-5,22,25-26,28,31H,1-3,6-21,23-24H2,(H,35,42)(H,36,43,44);1-3,5-10,13,20H,4,11-12H2;2H2,1H3. The number of rotatable bonds is 16. The van der Waals surface area contributed by atoms with Gasteiger partial charge < -0.3 is 40.7 Å². The Labute approximate surface area is 418 Å². The van der Waals surface area contributed by atoms with Crippen LogP contribution >= 0.6 is 0 Å². The van der Waals surface area contributed by atoms with E-state index < -0.39 is 6.04 Å². The van der Waals surface area contributed by atoms with E-state index in [4.69, 9.17) is 4.74 Å². The average molecular weight is 972 g/mol. The van der Waals surface area contributed by atoms with E-state index in [-0.39, 0.29) is 24.1 Å². The molecule has 0 saturated carbocycles. The van der Waals surface area contributed by atoms with Crippen LogP contribution in [0.4, 0.5) is 11.5 Å². The first-order chi connectivity index (χ1) is 34.8. The van der Waals surface area contributed by atoms with Gasteiger partial charge in [-0.2, -0.15) is 5.10 Å². The van der Waals surface area contributed by atoms with Crippen LogP contribution in [0, 0.1) is 5.92 Å². The van der Waals surface area contributed by atoms with E-state index >= 15 is 0 Å². The lowest BCUT2D eigenvalue weighted by Gasteiger charge is -2.41. The third kappa shape index (κ3) is 13.0. The minimum absolute atomic E-state index is 0.131. The van der Waals surface area contributed by atoms with Gasteiger partial charge in [-0.15, -0.1) is 0 Å². The number of carbonyl (C=O) groups excluding carboxylic acids is 5. The highest BCUT2D eigenvalue weighted by atomic mass is 16.5. The third-order valence-electron chi connectivity index (χ3n) is 14.9. The topological polar surface area (TPSA) is 191 Å². The number of amides is 4. The first-order valence-corrected chi connectivity index (χ1v) is 25.9. The molecule has 0 bridgehead atoms. The molecule has 4 aromatic rings. The molecule has 10 rings (SSSR count). The fourth-order valence-electron chi connectivity index (χ4n) is 11.0. The van der Waals surface area contributed by atoms with Crippen LogP contribution in [0.1, 0.15) is 90.5 Å².